The van der Waals surface area contributed by atoms with Crippen LogP contribution in [0.5, 0.6) is 0 Å². The summed E-state index contributed by atoms with van der Waals surface area (Å²) >= 11 is 12.1. The molecule has 4 rings (SSSR count). The molecular formula is C25H22Cl2N2O4. The van der Waals surface area contributed by atoms with E-state index in [9.17, 15) is 19.2 Å². The molecule has 0 N–H and O–H groups in total. The summed E-state index contributed by atoms with van der Waals surface area (Å²) in [5, 5.41) is 2.22. The Bertz CT molecular complexity index is 1190. The van der Waals surface area contributed by atoms with Crippen LogP contribution in [0, 0.1) is 18.8 Å². The molecule has 0 spiro atoms. The molecule has 8 heteroatoms. The standard InChI is InChI=1S/C25H22Cl2N2O4/c1-14-3-6-16(7-4-14)22(30)13-28(23(31)17-8-10-20(26)21(27)12-17)29-24(32)18-9-5-15(2)11-19(18)25(29)33/h3-8,10,12,18-19H,9,11,13H2,1-2H3/t18-,19+/m1/s1. The third-order valence-corrected chi connectivity index (χ3v) is 6.85. The summed E-state index contributed by atoms with van der Waals surface area (Å²) in [4.78, 5) is 53.1. The van der Waals surface area contributed by atoms with Gasteiger partial charge in [0.25, 0.3) is 17.7 Å². The number of Topliss-reactive ketones (excluding diaryl/α,β-unsaturated/α-hetero) is 1. The van der Waals surface area contributed by atoms with Crippen molar-refractivity contribution in [2.75, 3.05) is 6.54 Å². The number of hydrogen-bond acceptors (Lipinski definition) is 4. The summed E-state index contributed by atoms with van der Waals surface area (Å²) in [7, 11) is 0. The first-order chi connectivity index (χ1) is 15.7. The SMILES string of the molecule is CC1=CC[C@H]2C(=O)N(N(CC(=O)c3ccc(C)cc3)C(=O)c3ccc(Cl)c(Cl)c3)C(=O)[C@H]2C1. The number of nitrogens with zero attached hydrogens (tertiary/aromatic N) is 2. The second-order valence-electron chi connectivity index (χ2n) is 8.47. The number of ketones is 1. The molecule has 2 atom stereocenters. The maximum atomic E-state index is 13.5. The average Bonchev–Trinajstić information content (AvgIpc) is 3.03. The van der Waals surface area contributed by atoms with Crippen LogP contribution in [-0.2, 0) is 9.59 Å². The van der Waals surface area contributed by atoms with Crippen molar-refractivity contribution in [2.45, 2.75) is 26.7 Å². The van der Waals surface area contributed by atoms with Crippen molar-refractivity contribution in [2.24, 2.45) is 11.8 Å². The summed E-state index contributed by atoms with van der Waals surface area (Å²) in [5.74, 6) is -3.10. The molecule has 3 amide bonds. The van der Waals surface area contributed by atoms with E-state index in [0.29, 0.717) is 18.4 Å². The minimum atomic E-state index is -0.681. The van der Waals surface area contributed by atoms with Crippen LogP contribution in [-0.4, -0.2) is 40.1 Å². The first-order valence-corrected chi connectivity index (χ1v) is 11.3. The molecule has 2 aliphatic rings. The van der Waals surface area contributed by atoms with E-state index in [2.05, 4.69) is 0 Å². The molecule has 0 saturated carbocycles. The van der Waals surface area contributed by atoms with Crippen LogP contribution in [0.3, 0.4) is 0 Å². The lowest BCUT2D eigenvalue weighted by Gasteiger charge is -2.30. The van der Waals surface area contributed by atoms with E-state index in [-0.39, 0.29) is 15.6 Å². The lowest BCUT2D eigenvalue weighted by molar-refractivity contribution is -0.154. The third kappa shape index (κ3) is 4.45. The van der Waals surface area contributed by atoms with Crippen LogP contribution in [0.4, 0.5) is 0 Å². The Labute approximate surface area is 201 Å². The fraction of sp³-hybridized carbons (Fsp3) is 0.280. The van der Waals surface area contributed by atoms with Crippen LogP contribution in [0.2, 0.25) is 10.0 Å². The minimum absolute atomic E-state index is 0.117. The van der Waals surface area contributed by atoms with Crippen LogP contribution in [0.15, 0.2) is 54.1 Å². The van der Waals surface area contributed by atoms with E-state index in [0.717, 1.165) is 21.2 Å². The molecule has 1 heterocycles. The Kier molecular flexibility index (Phi) is 6.41. The molecule has 170 valence electrons. The lowest BCUT2D eigenvalue weighted by Crippen LogP contribution is -2.52. The number of fused-ring (bicyclic) bond motifs is 1. The summed E-state index contributed by atoms with van der Waals surface area (Å²) in [6.07, 6.45) is 2.82. The van der Waals surface area contributed by atoms with Crippen molar-refractivity contribution in [3.8, 4) is 0 Å². The molecule has 0 aromatic heterocycles. The number of hydrazine groups is 1. The van der Waals surface area contributed by atoms with Crippen molar-refractivity contribution in [3.63, 3.8) is 0 Å². The highest BCUT2D eigenvalue weighted by Gasteiger charge is 2.51. The van der Waals surface area contributed by atoms with E-state index in [4.69, 9.17) is 23.2 Å². The predicted octanol–water partition coefficient (Wildman–Crippen LogP) is 4.88. The van der Waals surface area contributed by atoms with E-state index in [1.54, 1.807) is 24.3 Å². The zero-order chi connectivity index (χ0) is 23.9. The van der Waals surface area contributed by atoms with Gasteiger partial charge in [-0.1, -0.05) is 64.7 Å². The Hall–Kier alpha value is -2.96. The first-order valence-electron chi connectivity index (χ1n) is 10.6. The summed E-state index contributed by atoms with van der Waals surface area (Å²) in [6.45, 7) is 3.34. The van der Waals surface area contributed by atoms with Crippen molar-refractivity contribution < 1.29 is 19.2 Å². The molecule has 0 bridgehead atoms. The minimum Gasteiger partial charge on any atom is -0.292 e. The Morgan fingerprint density at radius 3 is 2.24 bits per heavy atom. The zero-order valence-corrected chi connectivity index (χ0v) is 19.7. The quantitative estimate of drug-likeness (QED) is 0.344. The molecule has 2 aromatic rings. The van der Waals surface area contributed by atoms with Gasteiger partial charge in [-0.2, -0.15) is 5.01 Å². The third-order valence-electron chi connectivity index (χ3n) is 6.11. The van der Waals surface area contributed by atoms with Crippen molar-refractivity contribution >= 4 is 46.7 Å². The number of amides is 3. The second kappa shape index (κ2) is 9.12. The Morgan fingerprint density at radius 2 is 1.58 bits per heavy atom. The number of benzene rings is 2. The summed E-state index contributed by atoms with van der Waals surface area (Å²) in [5.41, 5.74) is 2.50. The fourth-order valence-corrected chi connectivity index (χ4v) is 4.53. The highest BCUT2D eigenvalue weighted by atomic mass is 35.5. The molecule has 2 aromatic carbocycles. The van der Waals surface area contributed by atoms with Crippen molar-refractivity contribution in [1.82, 2.24) is 10.0 Å². The van der Waals surface area contributed by atoms with Gasteiger partial charge in [0.05, 0.1) is 21.9 Å². The maximum absolute atomic E-state index is 13.5. The van der Waals surface area contributed by atoms with E-state index in [1.807, 2.05) is 19.9 Å². The van der Waals surface area contributed by atoms with Crippen LogP contribution in [0.25, 0.3) is 0 Å². The van der Waals surface area contributed by atoms with Crippen molar-refractivity contribution in [3.05, 3.63) is 80.8 Å². The molecule has 0 radical (unpaired) electrons. The second-order valence-corrected chi connectivity index (χ2v) is 9.29. The monoisotopic (exact) mass is 484 g/mol. The summed E-state index contributed by atoms with van der Waals surface area (Å²) in [6, 6.07) is 11.1. The maximum Gasteiger partial charge on any atom is 0.273 e. The van der Waals surface area contributed by atoms with E-state index >= 15 is 0 Å². The smallest absolute Gasteiger partial charge is 0.273 e. The van der Waals surface area contributed by atoms with Crippen LogP contribution in [0.1, 0.15) is 46.0 Å². The normalized spacial score (nSPS) is 19.9. The van der Waals surface area contributed by atoms with Gasteiger partial charge in [-0.15, -0.1) is 0 Å². The highest BCUT2D eigenvalue weighted by molar-refractivity contribution is 6.42. The van der Waals surface area contributed by atoms with Gasteiger partial charge < -0.3 is 0 Å². The molecule has 0 unspecified atom stereocenters. The number of carbonyl (C=O) groups is 4. The highest BCUT2D eigenvalue weighted by Crippen LogP contribution is 2.38. The number of hydrogen-bond donors (Lipinski definition) is 0. The molecule has 1 fully saturated rings. The van der Waals surface area contributed by atoms with Gasteiger partial charge in [-0.05, 0) is 44.9 Å². The Balaban J connectivity index is 1.71. The molecular weight excluding hydrogens is 463 g/mol. The number of aryl methyl sites for hydroxylation is 1. The van der Waals surface area contributed by atoms with Crippen LogP contribution < -0.4 is 0 Å². The Morgan fingerprint density at radius 1 is 0.939 bits per heavy atom. The van der Waals surface area contributed by atoms with Crippen molar-refractivity contribution in [1.29, 1.82) is 0 Å². The molecule has 33 heavy (non-hydrogen) atoms. The van der Waals surface area contributed by atoms with E-state index in [1.165, 1.54) is 18.2 Å². The van der Waals surface area contributed by atoms with Gasteiger partial charge in [-0.25, -0.2) is 5.01 Å². The molecule has 1 saturated heterocycles. The topological polar surface area (TPSA) is 74.8 Å². The molecule has 1 aliphatic heterocycles. The molecule has 1 aliphatic carbocycles. The largest absolute Gasteiger partial charge is 0.292 e. The number of halogens is 2. The summed E-state index contributed by atoms with van der Waals surface area (Å²) < 4.78 is 0. The van der Waals surface area contributed by atoms with Gasteiger partial charge in [0.15, 0.2) is 5.78 Å². The first kappa shape index (κ1) is 23.2. The molecule has 6 nitrogen and oxygen atoms in total. The number of allylic oxidation sites excluding steroid dienone is 2. The average molecular weight is 485 g/mol. The number of imide groups is 1. The van der Waals surface area contributed by atoms with Gasteiger partial charge in [-0.3, -0.25) is 19.2 Å². The van der Waals surface area contributed by atoms with Gasteiger partial charge in [0, 0.05) is 11.1 Å². The van der Waals surface area contributed by atoms with E-state index < -0.39 is 41.9 Å². The van der Waals surface area contributed by atoms with Gasteiger partial charge in [0.1, 0.15) is 6.54 Å². The fourth-order valence-electron chi connectivity index (χ4n) is 4.24. The number of carbonyl (C=O) groups excluding carboxylic acids is 4. The lowest BCUT2D eigenvalue weighted by atomic mass is 9.82. The number of rotatable bonds is 5. The zero-order valence-electron chi connectivity index (χ0n) is 18.2. The van der Waals surface area contributed by atoms with Gasteiger partial charge in [0.2, 0.25) is 0 Å². The predicted molar refractivity (Wildman–Crippen MR) is 125 cm³/mol. The van der Waals surface area contributed by atoms with Gasteiger partial charge >= 0.3 is 0 Å². The van der Waals surface area contributed by atoms with Crippen LogP contribution >= 0.6 is 23.2 Å².